The van der Waals surface area contributed by atoms with Crippen molar-refractivity contribution in [3.8, 4) is 6.01 Å². The number of fused-ring (bicyclic) bond motifs is 3. The van der Waals surface area contributed by atoms with Gasteiger partial charge in [-0.05, 0) is 53.1 Å². The Morgan fingerprint density at radius 3 is 2.54 bits per heavy atom. The number of hydrogen-bond donors (Lipinski definition) is 2. The Morgan fingerprint density at radius 1 is 0.971 bits per heavy atom. The van der Waals surface area contributed by atoms with Gasteiger partial charge in [0, 0.05) is 28.1 Å². The molecule has 0 saturated carbocycles. The SMILES string of the molecule is O=C1Nc2cc(Cl)ccc2[C@@]12[C@H](c1cccc(Cl)c1)Cc1nnc(O)n1[C@@H]2c1ccc(F)c(F)c1. The van der Waals surface area contributed by atoms with E-state index in [2.05, 4.69) is 15.5 Å². The average Bonchev–Trinajstić information content (AvgIpc) is 3.32. The van der Waals surface area contributed by atoms with E-state index in [1.54, 1.807) is 36.4 Å². The second-order valence-electron chi connectivity index (χ2n) is 8.69. The van der Waals surface area contributed by atoms with Gasteiger partial charge in [-0.15, -0.1) is 5.10 Å². The summed E-state index contributed by atoms with van der Waals surface area (Å²) in [5, 5.41) is 22.5. The topological polar surface area (TPSA) is 80.0 Å². The monoisotopic (exact) mass is 512 g/mol. The summed E-state index contributed by atoms with van der Waals surface area (Å²) in [6.45, 7) is 0. The molecular formula is C25H16Cl2F2N4O2. The van der Waals surface area contributed by atoms with Crippen molar-refractivity contribution in [1.29, 1.82) is 0 Å². The fourth-order valence-electron chi connectivity index (χ4n) is 5.60. The number of aromatic nitrogens is 3. The number of carbonyl (C=O) groups excluding carboxylic acids is 1. The van der Waals surface area contributed by atoms with E-state index in [0.717, 1.165) is 17.7 Å². The first-order chi connectivity index (χ1) is 16.8. The highest BCUT2D eigenvalue weighted by atomic mass is 35.5. The highest BCUT2D eigenvalue weighted by molar-refractivity contribution is 6.31. The summed E-state index contributed by atoms with van der Waals surface area (Å²) >= 11 is 12.6. The first-order valence-corrected chi connectivity index (χ1v) is 11.5. The summed E-state index contributed by atoms with van der Waals surface area (Å²) in [7, 11) is 0. The molecule has 4 aromatic rings. The molecule has 0 saturated heterocycles. The molecule has 6 nitrogen and oxygen atoms in total. The first kappa shape index (κ1) is 22.0. The van der Waals surface area contributed by atoms with Gasteiger partial charge in [-0.2, -0.15) is 0 Å². The molecule has 3 atom stereocenters. The van der Waals surface area contributed by atoms with Gasteiger partial charge in [0.2, 0.25) is 5.91 Å². The minimum atomic E-state index is -1.40. The summed E-state index contributed by atoms with van der Waals surface area (Å²) in [6.07, 6.45) is 0.226. The Hall–Kier alpha value is -3.49. The third kappa shape index (κ3) is 3.10. The van der Waals surface area contributed by atoms with Crippen molar-refractivity contribution in [2.24, 2.45) is 0 Å². The van der Waals surface area contributed by atoms with Gasteiger partial charge in [-0.25, -0.2) is 8.78 Å². The van der Waals surface area contributed by atoms with Crippen LogP contribution in [0.1, 0.15) is 34.5 Å². The molecule has 176 valence electrons. The van der Waals surface area contributed by atoms with Gasteiger partial charge in [0.25, 0.3) is 0 Å². The van der Waals surface area contributed by atoms with Crippen LogP contribution in [0.15, 0.2) is 60.7 Å². The smallest absolute Gasteiger partial charge is 0.315 e. The van der Waals surface area contributed by atoms with Gasteiger partial charge < -0.3 is 10.4 Å². The van der Waals surface area contributed by atoms with Crippen molar-refractivity contribution in [2.75, 3.05) is 5.32 Å². The lowest BCUT2D eigenvalue weighted by Crippen LogP contribution is -2.52. The number of carbonyl (C=O) groups is 1. The van der Waals surface area contributed by atoms with Crippen LogP contribution >= 0.6 is 23.2 Å². The minimum Gasteiger partial charge on any atom is -0.479 e. The van der Waals surface area contributed by atoms with Crippen LogP contribution in [0, 0.1) is 11.6 Å². The predicted molar refractivity (Wildman–Crippen MR) is 126 cm³/mol. The van der Waals surface area contributed by atoms with E-state index in [1.165, 1.54) is 10.6 Å². The van der Waals surface area contributed by atoms with Crippen LogP contribution in [0.2, 0.25) is 10.0 Å². The number of halogens is 4. The summed E-state index contributed by atoms with van der Waals surface area (Å²) < 4.78 is 29.9. The largest absolute Gasteiger partial charge is 0.479 e. The number of aromatic hydroxyl groups is 1. The second-order valence-corrected chi connectivity index (χ2v) is 9.56. The molecule has 2 aliphatic heterocycles. The lowest BCUT2D eigenvalue weighted by atomic mass is 9.59. The van der Waals surface area contributed by atoms with E-state index in [4.69, 9.17) is 23.2 Å². The van der Waals surface area contributed by atoms with Gasteiger partial charge >= 0.3 is 6.01 Å². The molecular weight excluding hydrogens is 497 g/mol. The highest BCUT2D eigenvalue weighted by Crippen LogP contribution is 2.59. The van der Waals surface area contributed by atoms with Gasteiger partial charge in [0.05, 0.1) is 6.04 Å². The van der Waals surface area contributed by atoms with Crippen molar-refractivity contribution in [3.63, 3.8) is 0 Å². The molecule has 0 radical (unpaired) electrons. The number of amides is 1. The summed E-state index contributed by atoms with van der Waals surface area (Å²) in [4.78, 5) is 14.1. The summed E-state index contributed by atoms with van der Waals surface area (Å²) in [6, 6.07) is 14.2. The van der Waals surface area contributed by atoms with E-state index in [0.29, 0.717) is 27.1 Å². The Bertz CT molecular complexity index is 1530. The van der Waals surface area contributed by atoms with Crippen LogP contribution in [0.4, 0.5) is 14.5 Å². The molecule has 35 heavy (non-hydrogen) atoms. The van der Waals surface area contributed by atoms with Gasteiger partial charge in [0.1, 0.15) is 11.2 Å². The fourth-order valence-corrected chi connectivity index (χ4v) is 5.97. The number of hydrogen-bond acceptors (Lipinski definition) is 4. The van der Waals surface area contributed by atoms with Crippen molar-refractivity contribution in [1.82, 2.24) is 14.8 Å². The minimum absolute atomic E-state index is 0.226. The standard InChI is InChI=1S/C25H16Cl2F2N4O2/c26-14-3-1-2-12(8-14)17-11-21-31-32-24(35)33(21)22(13-4-7-18(28)19(29)9-13)25(17)16-6-5-15(27)10-20(16)30-23(25)34/h1-10,17,22H,11H2,(H,30,34)(H,32,35)/t17-,22+,25-/m0/s1. The zero-order valence-electron chi connectivity index (χ0n) is 17.8. The lowest BCUT2D eigenvalue weighted by molar-refractivity contribution is -0.123. The molecule has 3 aromatic carbocycles. The van der Waals surface area contributed by atoms with Gasteiger partial charge in [-0.1, -0.05) is 52.6 Å². The van der Waals surface area contributed by atoms with Gasteiger partial charge in [-0.3, -0.25) is 9.36 Å². The third-order valence-corrected chi connectivity index (χ3v) is 7.41. The van der Waals surface area contributed by atoms with Crippen molar-refractivity contribution in [3.05, 3.63) is 105 Å². The Kier molecular flexibility index (Phi) is 4.88. The zero-order valence-corrected chi connectivity index (χ0v) is 19.4. The van der Waals surface area contributed by atoms with Crippen LogP contribution in [-0.4, -0.2) is 25.8 Å². The van der Waals surface area contributed by atoms with E-state index in [-0.39, 0.29) is 17.9 Å². The molecule has 1 aromatic heterocycles. The van der Waals surface area contributed by atoms with Crippen molar-refractivity contribution < 1.29 is 18.7 Å². The molecule has 0 aliphatic carbocycles. The number of rotatable bonds is 2. The molecule has 6 rings (SSSR count). The van der Waals surface area contributed by atoms with E-state index < -0.39 is 35.0 Å². The summed E-state index contributed by atoms with van der Waals surface area (Å²) in [5.74, 6) is -2.64. The molecule has 2 N–H and O–H groups in total. The maximum Gasteiger partial charge on any atom is 0.315 e. The van der Waals surface area contributed by atoms with E-state index in [1.807, 2.05) is 6.07 Å². The quantitative estimate of drug-likeness (QED) is 0.377. The highest BCUT2D eigenvalue weighted by Gasteiger charge is 2.62. The number of nitrogens with zero attached hydrogens (tertiary/aromatic N) is 3. The van der Waals surface area contributed by atoms with E-state index >= 15 is 0 Å². The third-order valence-electron chi connectivity index (χ3n) is 6.94. The average molecular weight is 513 g/mol. The van der Waals surface area contributed by atoms with Gasteiger partial charge in [0.15, 0.2) is 11.6 Å². The Labute approximate surface area is 208 Å². The number of benzene rings is 3. The molecule has 1 amide bonds. The molecule has 1 spiro atoms. The predicted octanol–water partition coefficient (Wildman–Crippen LogP) is 5.39. The molecule has 0 bridgehead atoms. The molecule has 3 heterocycles. The fraction of sp³-hybridized carbons (Fsp3) is 0.160. The van der Waals surface area contributed by atoms with E-state index in [9.17, 15) is 18.7 Å². The molecule has 10 heteroatoms. The maximum absolute atomic E-state index is 14.5. The number of anilines is 1. The normalized spacial score (nSPS) is 22.7. The van der Waals surface area contributed by atoms with Crippen LogP contribution in [-0.2, 0) is 16.6 Å². The van der Waals surface area contributed by atoms with Crippen molar-refractivity contribution in [2.45, 2.75) is 23.8 Å². The van der Waals surface area contributed by atoms with Crippen LogP contribution < -0.4 is 5.32 Å². The van der Waals surface area contributed by atoms with Crippen LogP contribution in [0.5, 0.6) is 6.01 Å². The molecule has 2 aliphatic rings. The first-order valence-electron chi connectivity index (χ1n) is 10.8. The van der Waals surface area contributed by atoms with Crippen molar-refractivity contribution >= 4 is 34.8 Å². The summed E-state index contributed by atoms with van der Waals surface area (Å²) in [5.41, 5.74) is 0.715. The molecule has 0 unspecified atom stereocenters. The Balaban J connectivity index is 1.73. The second kappa shape index (κ2) is 7.76. The maximum atomic E-state index is 14.5. The Morgan fingerprint density at radius 2 is 1.77 bits per heavy atom. The lowest BCUT2D eigenvalue weighted by Gasteiger charge is -2.46. The molecule has 0 fully saturated rings. The van der Waals surface area contributed by atoms with Crippen LogP contribution in [0.25, 0.3) is 0 Å². The van der Waals surface area contributed by atoms with Crippen LogP contribution in [0.3, 0.4) is 0 Å². The zero-order chi connectivity index (χ0) is 24.5. The number of nitrogens with one attached hydrogen (secondary N) is 1.